The fraction of sp³-hybridized carbons (Fsp3) is 0.900. The van der Waals surface area contributed by atoms with E-state index in [-0.39, 0.29) is 19.2 Å². The number of nitrogens with two attached hydrogens (primary N) is 1. The minimum absolute atomic E-state index is 0.0193. The van der Waals surface area contributed by atoms with Crippen molar-refractivity contribution in [1.82, 2.24) is 4.90 Å². The van der Waals surface area contributed by atoms with Crippen molar-refractivity contribution in [3.05, 3.63) is 0 Å². The van der Waals surface area contributed by atoms with E-state index in [0.717, 1.165) is 4.90 Å². The molecule has 0 aliphatic carbocycles. The van der Waals surface area contributed by atoms with Gasteiger partial charge < -0.3 is 15.4 Å². The summed E-state index contributed by atoms with van der Waals surface area (Å²) in [7, 11) is 0. The van der Waals surface area contributed by atoms with Crippen LogP contribution in [0.15, 0.2) is 0 Å². The molecule has 1 aliphatic heterocycles. The van der Waals surface area contributed by atoms with Gasteiger partial charge in [-0.2, -0.15) is 13.2 Å². The summed E-state index contributed by atoms with van der Waals surface area (Å²) in [5, 5.41) is 0. The number of hydrogen-bond acceptors (Lipinski definition) is 3. The lowest BCUT2D eigenvalue weighted by molar-refractivity contribution is -0.167. The Bertz CT molecular complexity index is 271. The topological polar surface area (TPSA) is 55.6 Å². The van der Waals surface area contributed by atoms with E-state index in [1.807, 2.05) is 0 Å². The number of ether oxygens (including phenoxy) is 1. The molecule has 0 aromatic heterocycles. The molecular formula is C10H17F3N2O2. The number of hydrogen-bond donors (Lipinski definition) is 1. The van der Waals surface area contributed by atoms with Gasteiger partial charge in [-0.05, 0) is 19.8 Å². The van der Waals surface area contributed by atoms with Gasteiger partial charge in [-0.1, -0.05) is 0 Å². The van der Waals surface area contributed by atoms with Gasteiger partial charge in [-0.25, -0.2) is 0 Å². The molecule has 0 spiro atoms. The van der Waals surface area contributed by atoms with Crippen LogP contribution in [0.2, 0.25) is 0 Å². The van der Waals surface area contributed by atoms with Gasteiger partial charge in [-0.3, -0.25) is 4.79 Å². The Labute approximate surface area is 97.9 Å². The highest BCUT2D eigenvalue weighted by Crippen LogP contribution is 2.23. The second-order valence-electron chi connectivity index (χ2n) is 4.03. The number of rotatable bonds is 4. The predicted octanol–water partition coefficient (Wildman–Crippen LogP) is 0.903. The zero-order valence-electron chi connectivity index (χ0n) is 9.67. The van der Waals surface area contributed by atoms with Gasteiger partial charge in [0.25, 0.3) is 5.91 Å². The van der Waals surface area contributed by atoms with Gasteiger partial charge >= 0.3 is 6.18 Å². The van der Waals surface area contributed by atoms with Crippen LogP contribution >= 0.6 is 0 Å². The molecule has 0 aromatic rings. The summed E-state index contributed by atoms with van der Waals surface area (Å²) in [6, 6.07) is 0. The van der Waals surface area contributed by atoms with Gasteiger partial charge in [0, 0.05) is 13.1 Å². The molecule has 100 valence electrons. The highest BCUT2D eigenvalue weighted by Gasteiger charge is 2.37. The first-order valence-electron chi connectivity index (χ1n) is 5.58. The molecule has 2 atom stereocenters. The summed E-state index contributed by atoms with van der Waals surface area (Å²) >= 11 is 0. The summed E-state index contributed by atoms with van der Waals surface area (Å²) in [4.78, 5) is 12.5. The van der Waals surface area contributed by atoms with Crippen LogP contribution in [0.4, 0.5) is 13.2 Å². The van der Waals surface area contributed by atoms with Crippen molar-refractivity contribution >= 4 is 5.91 Å². The van der Waals surface area contributed by atoms with Crippen molar-refractivity contribution in [1.29, 1.82) is 0 Å². The van der Waals surface area contributed by atoms with Crippen LogP contribution in [0.25, 0.3) is 0 Å². The summed E-state index contributed by atoms with van der Waals surface area (Å²) in [5.74, 6) is -0.597. The second-order valence-corrected chi connectivity index (χ2v) is 4.03. The average molecular weight is 254 g/mol. The molecular weight excluding hydrogens is 237 g/mol. The predicted molar refractivity (Wildman–Crippen MR) is 55.3 cm³/mol. The fourth-order valence-corrected chi connectivity index (χ4v) is 1.83. The molecule has 17 heavy (non-hydrogen) atoms. The standard InChI is InChI=1S/C10H17F3N2O2/c1-2-15(6-10(11,12)13)9(16)8-4-3-7(5-14)17-8/h7-8H,2-6,14H2,1H3. The number of likely N-dealkylation sites (N-methyl/N-ethyl adjacent to an activating group) is 1. The third-order valence-electron chi connectivity index (χ3n) is 2.71. The molecule has 1 aliphatic rings. The van der Waals surface area contributed by atoms with Crippen LogP contribution in [0.3, 0.4) is 0 Å². The Morgan fingerprint density at radius 2 is 2.12 bits per heavy atom. The second kappa shape index (κ2) is 5.68. The quantitative estimate of drug-likeness (QED) is 0.811. The van der Waals surface area contributed by atoms with Crippen molar-refractivity contribution < 1.29 is 22.7 Å². The third kappa shape index (κ3) is 4.16. The van der Waals surface area contributed by atoms with Gasteiger partial charge in [0.2, 0.25) is 0 Å². The molecule has 0 aromatic carbocycles. The van der Waals surface area contributed by atoms with E-state index < -0.39 is 24.7 Å². The van der Waals surface area contributed by atoms with Gasteiger partial charge in [0.15, 0.2) is 0 Å². The van der Waals surface area contributed by atoms with E-state index >= 15 is 0 Å². The minimum atomic E-state index is -4.38. The highest BCUT2D eigenvalue weighted by molar-refractivity contribution is 5.81. The molecule has 0 radical (unpaired) electrons. The molecule has 1 heterocycles. The molecule has 4 nitrogen and oxygen atoms in total. The van der Waals surface area contributed by atoms with Crippen LogP contribution in [0.5, 0.6) is 0 Å². The summed E-state index contributed by atoms with van der Waals surface area (Å²) in [5.41, 5.74) is 5.38. The van der Waals surface area contributed by atoms with E-state index in [9.17, 15) is 18.0 Å². The van der Waals surface area contributed by atoms with Crippen LogP contribution in [0.1, 0.15) is 19.8 Å². The van der Waals surface area contributed by atoms with Crippen molar-refractivity contribution in [2.45, 2.75) is 38.1 Å². The normalized spacial score (nSPS) is 25.0. The molecule has 7 heteroatoms. The first-order valence-corrected chi connectivity index (χ1v) is 5.58. The Hall–Kier alpha value is -0.820. The van der Waals surface area contributed by atoms with Gasteiger partial charge in [0.05, 0.1) is 6.10 Å². The molecule has 0 saturated carbocycles. The maximum Gasteiger partial charge on any atom is 0.406 e. The lowest BCUT2D eigenvalue weighted by Gasteiger charge is -2.25. The monoisotopic (exact) mass is 254 g/mol. The van der Waals surface area contributed by atoms with Crippen molar-refractivity contribution in [3.8, 4) is 0 Å². The number of alkyl halides is 3. The van der Waals surface area contributed by atoms with E-state index in [0.29, 0.717) is 12.8 Å². The van der Waals surface area contributed by atoms with E-state index in [1.54, 1.807) is 0 Å². The zero-order chi connectivity index (χ0) is 13.1. The fourth-order valence-electron chi connectivity index (χ4n) is 1.83. The Balaban J connectivity index is 2.55. The number of carbonyl (C=O) groups is 1. The zero-order valence-corrected chi connectivity index (χ0v) is 9.67. The van der Waals surface area contributed by atoms with Crippen LogP contribution in [0, 0.1) is 0 Å². The van der Waals surface area contributed by atoms with Gasteiger partial charge in [0.1, 0.15) is 12.6 Å². The largest absolute Gasteiger partial charge is 0.406 e. The lowest BCUT2D eigenvalue weighted by Crippen LogP contribution is -2.44. The first-order chi connectivity index (χ1) is 7.87. The van der Waals surface area contributed by atoms with E-state index in [2.05, 4.69) is 0 Å². The Morgan fingerprint density at radius 3 is 2.53 bits per heavy atom. The van der Waals surface area contributed by atoms with Crippen LogP contribution in [-0.2, 0) is 9.53 Å². The van der Waals surface area contributed by atoms with Crippen LogP contribution in [-0.4, -0.2) is 48.8 Å². The van der Waals surface area contributed by atoms with Crippen LogP contribution < -0.4 is 5.73 Å². The van der Waals surface area contributed by atoms with Gasteiger partial charge in [-0.15, -0.1) is 0 Å². The van der Waals surface area contributed by atoms with E-state index in [1.165, 1.54) is 6.92 Å². The molecule has 1 fully saturated rings. The number of amides is 1. The molecule has 0 bridgehead atoms. The lowest BCUT2D eigenvalue weighted by atomic mass is 10.2. The highest BCUT2D eigenvalue weighted by atomic mass is 19.4. The first kappa shape index (κ1) is 14.2. The number of halogens is 3. The third-order valence-corrected chi connectivity index (χ3v) is 2.71. The minimum Gasteiger partial charge on any atom is -0.364 e. The summed E-state index contributed by atoms with van der Waals surface area (Å²) in [6.45, 7) is 0.592. The number of nitrogens with zero attached hydrogens (tertiary/aromatic N) is 1. The smallest absolute Gasteiger partial charge is 0.364 e. The maximum absolute atomic E-state index is 12.2. The Kier molecular flexibility index (Phi) is 4.76. The molecule has 1 amide bonds. The van der Waals surface area contributed by atoms with Crippen molar-refractivity contribution in [3.63, 3.8) is 0 Å². The maximum atomic E-state index is 12.2. The SMILES string of the molecule is CCN(CC(F)(F)F)C(=O)C1CCC(CN)O1. The molecule has 1 saturated heterocycles. The summed E-state index contributed by atoms with van der Waals surface area (Å²) in [6.07, 6.45) is -4.30. The Morgan fingerprint density at radius 1 is 1.47 bits per heavy atom. The molecule has 2 N–H and O–H groups in total. The van der Waals surface area contributed by atoms with E-state index in [4.69, 9.17) is 10.5 Å². The van der Waals surface area contributed by atoms with Crippen molar-refractivity contribution in [2.75, 3.05) is 19.6 Å². The molecule has 1 rings (SSSR count). The number of carbonyl (C=O) groups excluding carboxylic acids is 1. The molecule has 2 unspecified atom stereocenters. The average Bonchev–Trinajstić information content (AvgIpc) is 2.72. The van der Waals surface area contributed by atoms with Crippen molar-refractivity contribution in [2.24, 2.45) is 5.73 Å². The summed E-state index contributed by atoms with van der Waals surface area (Å²) < 4.78 is 42.0.